The van der Waals surface area contributed by atoms with Gasteiger partial charge >= 0.3 is 11.9 Å². The van der Waals surface area contributed by atoms with E-state index >= 15 is 0 Å². The van der Waals surface area contributed by atoms with Gasteiger partial charge in [-0.15, -0.1) is 0 Å². The lowest BCUT2D eigenvalue weighted by molar-refractivity contribution is -0.153. The van der Waals surface area contributed by atoms with Crippen LogP contribution in [0.2, 0.25) is 0 Å². The highest BCUT2D eigenvalue weighted by Crippen LogP contribution is 2.43. The molecule has 3 aromatic carbocycles. The Morgan fingerprint density at radius 2 is 0.932 bits per heavy atom. The topological polar surface area (TPSA) is 86.7 Å². The summed E-state index contributed by atoms with van der Waals surface area (Å²) in [6.45, 7) is 7.85. The van der Waals surface area contributed by atoms with Gasteiger partial charge in [-0.3, -0.25) is 19.2 Å². The maximum absolute atomic E-state index is 13.4. The predicted molar refractivity (Wildman–Crippen MR) is 170 cm³/mol. The smallest absolute Gasteiger partial charge is 0.317 e. The van der Waals surface area contributed by atoms with E-state index in [2.05, 4.69) is 0 Å². The van der Waals surface area contributed by atoms with Gasteiger partial charge in [-0.2, -0.15) is 0 Å². The van der Waals surface area contributed by atoms with Crippen LogP contribution in [0.1, 0.15) is 71.9 Å². The van der Waals surface area contributed by atoms with Gasteiger partial charge in [0.1, 0.15) is 11.8 Å². The fraction of sp³-hybridized carbons (Fsp3) is 0.316. The van der Waals surface area contributed by atoms with Crippen molar-refractivity contribution in [3.63, 3.8) is 0 Å². The average molecular weight is 591 g/mol. The van der Waals surface area contributed by atoms with E-state index < -0.39 is 35.6 Å². The largest absolute Gasteiger partial charge is 0.465 e. The van der Waals surface area contributed by atoms with Crippen LogP contribution in [-0.2, 0) is 28.7 Å². The van der Waals surface area contributed by atoms with E-state index in [0.717, 1.165) is 44.5 Å². The molecule has 0 heterocycles. The number of hydrogen-bond donors (Lipinski definition) is 0. The fourth-order valence-corrected chi connectivity index (χ4v) is 6.32. The van der Waals surface area contributed by atoms with Gasteiger partial charge in [0, 0.05) is 11.8 Å². The molecular formula is C38H38O6. The minimum Gasteiger partial charge on any atom is -0.465 e. The molecule has 4 unspecified atom stereocenters. The molecule has 0 aliphatic heterocycles. The second kappa shape index (κ2) is 13.4. The van der Waals surface area contributed by atoms with E-state index in [4.69, 9.17) is 9.47 Å². The Morgan fingerprint density at radius 3 is 1.25 bits per heavy atom. The van der Waals surface area contributed by atoms with Crippen LogP contribution in [-0.4, -0.2) is 36.7 Å². The zero-order valence-corrected chi connectivity index (χ0v) is 25.7. The zero-order chi connectivity index (χ0) is 31.4. The molecule has 44 heavy (non-hydrogen) atoms. The number of allylic oxidation sites excluding steroid dienone is 4. The number of benzene rings is 3. The molecule has 5 rings (SSSR count). The molecule has 0 aromatic heterocycles. The molecule has 0 bridgehead atoms. The SMILES string of the molecule is CCOC(=O)C1C(=O)C=C(c2ccc(C)cc2)CC1c1ccc(C2CC(c3ccc(C)cc3)=CC(=O)C2C(=O)OCC)cc1. The number of rotatable bonds is 8. The summed E-state index contributed by atoms with van der Waals surface area (Å²) in [5.74, 6) is -4.34. The van der Waals surface area contributed by atoms with Crippen molar-refractivity contribution >= 4 is 34.7 Å². The molecule has 0 fully saturated rings. The Bertz CT molecular complexity index is 1490. The quantitative estimate of drug-likeness (QED) is 0.209. The Balaban J connectivity index is 1.49. The first-order chi connectivity index (χ1) is 21.2. The van der Waals surface area contributed by atoms with Crippen LogP contribution in [0, 0.1) is 25.7 Å². The number of esters is 2. The van der Waals surface area contributed by atoms with Gasteiger partial charge in [0.25, 0.3) is 0 Å². The third-order valence-corrected chi connectivity index (χ3v) is 8.65. The maximum atomic E-state index is 13.4. The van der Waals surface area contributed by atoms with Gasteiger partial charge < -0.3 is 9.47 Å². The number of hydrogen-bond acceptors (Lipinski definition) is 6. The number of ether oxygens (including phenoxy) is 2. The lowest BCUT2D eigenvalue weighted by atomic mass is 9.71. The number of carbonyl (C=O) groups is 4. The zero-order valence-electron chi connectivity index (χ0n) is 25.7. The summed E-state index contributed by atoms with van der Waals surface area (Å²) in [4.78, 5) is 52.9. The molecule has 0 saturated heterocycles. The Kier molecular flexibility index (Phi) is 9.38. The molecule has 3 aromatic rings. The first-order valence-corrected chi connectivity index (χ1v) is 15.3. The van der Waals surface area contributed by atoms with Crippen LogP contribution in [0.25, 0.3) is 11.1 Å². The van der Waals surface area contributed by atoms with Crippen molar-refractivity contribution < 1.29 is 28.7 Å². The summed E-state index contributed by atoms with van der Waals surface area (Å²) in [5, 5.41) is 0. The third-order valence-electron chi connectivity index (χ3n) is 8.65. The highest BCUT2D eigenvalue weighted by atomic mass is 16.5. The van der Waals surface area contributed by atoms with Crippen molar-refractivity contribution in [2.45, 2.75) is 52.4 Å². The monoisotopic (exact) mass is 590 g/mol. The van der Waals surface area contributed by atoms with Crippen molar-refractivity contribution in [1.82, 2.24) is 0 Å². The number of carbonyl (C=O) groups excluding carboxylic acids is 4. The van der Waals surface area contributed by atoms with Crippen molar-refractivity contribution in [2.75, 3.05) is 13.2 Å². The molecule has 0 amide bonds. The van der Waals surface area contributed by atoms with Crippen LogP contribution in [0.3, 0.4) is 0 Å². The second-order valence-corrected chi connectivity index (χ2v) is 11.6. The Morgan fingerprint density at radius 1 is 0.591 bits per heavy atom. The Labute approximate surface area is 258 Å². The first kappa shape index (κ1) is 30.9. The summed E-state index contributed by atoms with van der Waals surface area (Å²) in [6, 6.07) is 23.6. The standard InChI is InChI=1S/C38H38O6/c1-5-43-37(41)35-31(19-29(21-33(35)39)25-11-7-23(3)8-12-25)27-15-17-28(18-16-27)32-20-30(26-13-9-24(4)10-14-26)22-34(40)36(32)38(42)44-6-2/h7-18,21-22,31-32,35-36H,5-6,19-20H2,1-4H3. The van der Waals surface area contributed by atoms with E-state index in [1.54, 1.807) is 26.0 Å². The molecule has 2 aliphatic carbocycles. The van der Waals surface area contributed by atoms with Crippen molar-refractivity contribution in [1.29, 1.82) is 0 Å². The third kappa shape index (κ3) is 6.49. The summed E-state index contributed by atoms with van der Waals surface area (Å²) in [5.41, 5.74) is 7.52. The lowest BCUT2D eigenvalue weighted by Gasteiger charge is -2.31. The van der Waals surface area contributed by atoms with Gasteiger partial charge in [0.15, 0.2) is 11.6 Å². The summed E-state index contributed by atoms with van der Waals surface area (Å²) < 4.78 is 10.7. The molecule has 226 valence electrons. The molecule has 0 N–H and O–H groups in total. The fourth-order valence-electron chi connectivity index (χ4n) is 6.32. The highest BCUT2D eigenvalue weighted by molar-refractivity contribution is 6.11. The minimum atomic E-state index is -0.949. The van der Waals surface area contributed by atoms with Crippen LogP contribution >= 0.6 is 0 Å². The van der Waals surface area contributed by atoms with Gasteiger partial charge in [0.2, 0.25) is 0 Å². The van der Waals surface area contributed by atoms with E-state index in [9.17, 15) is 19.2 Å². The van der Waals surface area contributed by atoms with Gasteiger partial charge in [-0.1, -0.05) is 83.9 Å². The van der Waals surface area contributed by atoms with Gasteiger partial charge in [-0.05, 0) is 86.1 Å². The summed E-state index contributed by atoms with van der Waals surface area (Å²) in [7, 11) is 0. The van der Waals surface area contributed by atoms with E-state index in [-0.39, 0.29) is 24.8 Å². The summed E-state index contributed by atoms with van der Waals surface area (Å²) in [6.07, 6.45) is 4.14. The van der Waals surface area contributed by atoms with Crippen LogP contribution in [0.5, 0.6) is 0 Å². The molecule has 6 heteroatoms. The van der Waals surface area contributed by atoms with Crippen molar-refractivity contribution in [3.05, 3.63) is 118 Å². The maximum Gasteiger partial charge on any atom is 0.317 e. The minimum absolute atomic E-state index is 0.185. The second-order valence-electron chi connectivity index (χ2n) is 11.6. The molecular weight excluding hydrogens is 552 g/mol. The van der Waals surface area contributed by atoms with E-state index in [0.29, 0.717) is 12.8 Å². The first-order valence-electron chi connectivity index (χ1n) is 15.3. The van der Waals surface area contributed by atoms with Crippen molar-refractivity contribution in [3.8, 4) is 0 Å². The highest BCUT2D eigenvalue weighted by Gasteiger charge is 2.42. The molecule has 0 saturated carbocycles. The lowest BCUT2D eigenvalue weighted by Crippen LogP contribution is -2.34. The number of aryl methyl sites for hydroxylation is 2. The average Bonchev–Trinajstić information content (AvgIpc) is 3.01. The molecule has 0 spiro atoms. The van der Waals surface area contributed by atoms with Crippen molar-refractivity contribution in [2.24, 2.45) is 11.8 Å². The normalized spacial score (nSPS) is 21.7. The van der Waals surface area contributed by atoms with Gasteiger partial charge in [-0.25, -0.2) is 0 Å². The van der Waals surface area contributed by atoms with Crippen LogP contribution < -0.4 is 0 Å². The number of ketones is 2. The molecule has 2 aliphatic rings. The molecule has 0 radical (unpaired) electrons. The Hall–Kier alpha value is -4.58. The predicted octanol–water partition coefficient (Wildman–Crippen LogP) is 6.94. The van der Waals surface area contributed by atoms with Crippen LogP contribution in [0.4, 0.5) is 0 Å². The molecule has 4 atom stereocenters. The van der Waals surface area contributed by atoms with E-state index in [1.807, 2.05) is 86.6 Å². The van der Waals surface area contributed by atoms with Crippen LogP contribution in [0.15, 0.2) is 84.9 Å². The van der Waals surface area contributed by atoms with E-state index in [1.165, 1.54) is 0 Å². The molecule has 6 nitrogen and oxygen atoms in total. The van der Waals surface area contributed by atoms with Gasteiger partial charge in [0.05, 0.1) is 13.2 Å². The summed E-state index contributed by atoms with van der Waals surface area (Å²) >= 11 is 0.